The molecule has 0 fully saturated rings. The highest BCUT2D eigenvalue weighted by Crippen LogP contribution is 2.18. The van der Waals surface area contributed by atoms with Crippen LogP contribution in [0.3, 0.4) is 0 Å². The molecule has 0 saturated heterocycles. The number of aliphatic hydroxyl groups is 1. The van der Waals surface area contributed by atoms with Crippen molar-refractivity contribution >= 4 is 5.91 Å². The molecule has 0 bridgehead atoms. The molecule has 1 atom stereocenters. The van der Waals surface area contributed by atoms with Crippen LogP contribution in [0.5, 0.6) is 0 Å². The Morgan fingerprint density at radius 2 is 2.20 bits per heavy atom. The van der Waals surface area contributed by atoms with Gasteiger partial charge < -0.3 is 15.2 Å². The SMILES string of the molecule is COCC(=O)NCC(O)CN1CCc2ccccc2C1. The summed E-state index contributed by atoms with van der Waals surface area (Å²) in [4.78, 5) is 13.5. The Hall–Kier alpha value is -1.43. The third kappa shape index (κ3) is 4.30. The van der Waals surface area contributed by atoms with Crippen LogP contribution in [0.1, 0.15) is 11.1 Å². The molecule has 5 heteroatoms. The molecule has 0 aliphatic carbocycles. The van der Waals surface area contributed by atoms with Gasteiger partial charge in [0, 0.05) is 33.3 Å². The lowest BCUT2D eigenvalue weighted by atomic mass is 10.00. The van der Waals surface area contributed by atoms with Gasteiger partial charge in [-0.1, -0.05) is 24.3 Å². The molecule has 1 heterocycles. The molecule has 1 unspecified atom stereocenters. The van der Waals surface area contributed by atoms with E-state index in [4.69, 9.17) is 4.74 Å². The van der Waals surface area contributed by atoms with Crippen LogP contribution in [0.4, 0.5) is 0 Å². The maximum absolute atomic E-state index is 11.2. The summed E-state index contributed by atoms with van der Waals surface area (Å²) in [6.07, 6.45) is 0.458. The van der Waals surface area contributed by atoms with E-state index in [1.165, 1.54) is 18.2 Å². The number of benzene rings is 1. The molecule has 0 spiro atoms. The van der Waals surface area contributed by atoms with E-state index in [1.54, 1.807) is 0 Å². The lowest BCUT2D eigenvalue weighted by Crippen LogP contribution is -2.42. The average Bonchev–Trinajstić information content (AvgIpc) is 2.45. The van der Waals surface area contributed by atoms with Gasteiger partial charge in [0.15, 0.2) is 0 Å². The minimum atomic E-state index is -0.555. The Labute approximate surface area is 119 Å². The fourth-order valence-corrected chi connectivity index (χ4v) is 2.49. The third-order valence-corrected chi connectivity index (χ3v) is 3.49. The van der Waals surface area contributed by atoms with Gasteiger partial charge in [-0.15, -0.1) is 0 Å². The summed E-state index contributed by atoms with van der Waals surface area (Å²) < 4.78 is 4.72. The van der Waals surface area contributed by atoms with Crippen LogP contribution in [0.2, 0.25) is 0 Å². The molecule has 1 amide bonds. The fourth-order valence-electron chi connectivity index (χ4n) is 2.49. The van der Waals surface area contributed by atoms with E-state index in [2.05, 4.69) is 28.4 Å². The van der Waals surface area contributed by atoms with E-state index in [-0.39, 0.29) is 19.1 Å². The van der Waals surface area contributed by atoms with Gasteiger partial charge in [0.2, 0.25) is 5.91 Å². The normalized spacial score (nSPS) is 16.5. The van der Waals surface area contributed by atoms with E-state index >= 15 is 0 Å². The molecule has 5 nitrogen and oxygen atoms in total. The number of carbonyl (C=O) groups excluding carboxylic acids is 1. The van der Waals surface area contributed by atoms with Crippen LogP contribution >= 0.6 is 0 Å². The van der Waals surface area contributed by atoms with Crippen LogP contribution < -0.4 is 5.32 Å². The van der Waals surface area contributed by atoms with Gasteiger partial charge in [-0.05, 0) is 17.5 Å². The van der Waals surface area contributed by atoms with Gasteiger partial charge >= 0.3 is 0 Å². The fraction of sp³-hybridized carbons (Fsp3) is 0.533. The maximum Gasteiger partial charge on any atom is 0.246 e. The number of fused-ring (bicyclic) bond motifs is 1. The predicted octanol–water partition coefficient (Wildman–Crippen LogP) is 0.168. The molecule has 1 aromatic carbocycles. The summed E-state index contributed by atoms with van der Waals surface area (Å²) in [5.74, 6) is -0.199. The van der Waals surface area contributed by atoms with Crippen LogP contribution in [-0.4, -0.2) is 55.4 Å². The lowest BCUT2D eigenvalue weighted by Gasteiger charge is -2.30. The standard InChI is InChI=1S/C15H22N2O3/c1-20-11-15(19)16-8-14(18)10-17-7-6-12-4-2-3-5-13(12)9-17/h2-5,14,18H,6-11H2,1H3,(H,16,19). The van der Waals surface area contributed by atoms with E-state index in [9.17, 15) is 9.90 Å². The van der Waals surface area contributed by atoms with Crippen molar-refractivity contribution in [2.45, 2.75) is 19.1 Å². The molecule has 2 rings (SSSR count). The number of nitrogens with one attached hydrogen (secondary N) is 1. The second-order valence-electron chi connectivity index (χ2n) is 5.14. The van der Waals surface area contributed by atoms with Crippen molar-refractivity contribution in [2.75, 3.05) is 33.4 Å². The van der Waals surface area contributed by atoms with E-state index in [0.29, 0.717) is 6.54 Å². The predicted molar refractivity (Wildman–Crippen MR) is 76.3 cm³/mol. The number of β-amino-alcohol motifs (C(OH)–C–C–N with tert-alkyl or cyclic N) is 1. The highest BCUT2D eigenvalue weighted by molar-refractivity contribution is 5.77. The van der Waals surface area contributed by atoms with Crippen molar-refractivity contribution in [3.63, 3.8) is 0 Å². The van der Waals surface area contributed by atoms with Gasteiger partial charge in [-0.3, -0.25) is 9.69 Å². The van der Waals surface area contributed by atoms with Crippen molar-refractivity contribution in [2.24, 2.45) is 0 Å². The van der Waals surface area contributed by atoms with Gasteiger partial charge in [0.05, 0.1) is 6.10 Å². The van der Waals surface area contributed by atoms with Crippen molar-refractivity contribution < 1.29 is 14.6 Å². The number of ether oxygens (including phenoxy) is 1. The summed E-state index contributed by atoms with van der Waals surface area (Å²) in [6.45, 7) is 2.67. The second kappa shape index (κ2) is 7.38. The number of methoxy groups -OCH3 is 1. The molecule has 0 saturated carbocycles. The third-order valence-electron chi connectivity index (χ3n) is 3.49. The molecule has 20 heavy (non-hydrogen) atoms. The van der Waals surface area contributed by atoms with Crippen molar-refractivity contribution in [1.29, 1.82) is 0 Å². The molecule has 110 valence electrons. The Balaban J connectivity index is 1.76. The zero-order valence-electron chi connectivity index (χ0n) is 11.8. The van der Waals surface area contributed by atoms with Gasteiger partial charge in [0.1, 0.15) is 6.61 Å². The number of hydrogen-bond donors (Lipinski definition) is 2. The Morgan fingerprint density at radius 1 is 1.45 bits per heavy atom. The van der Waals surface area contributed by atoms with Gasteiger partial charge in [0.25, 0.3) is 0 Å². The Kier molecular flexibility index (Phi) is 5.52. The molecule has 2 N–H and O–H groups in total. The number of carbonyl (C=O) groups is 1. The second-order valence-corrected chi connectivity index (χ2v) is 5.14. The first-order valence-corrected chi connectivity index (χ1v) is 6.92. The van der Waals surface area contributed by atoms with Crippen molar-refractivity contribution in [1.82, 2.24) is 10.2 Å². The minimum absolute atomic E-state index is 0.0316. The summed E-state index contributed by atoms with van der Waals surface area (Å²) in [7, 11) is 1.47. The Bertz CT molecular complexity index is 450. The van der Waals surface area contributed by atoms with Crippen LogP contribution in [0, 0.1) is 0 Å². The molecule has 1 aromatic rings. The number of aliphatic hydroxyl groups excluding tert-OH is 1. The summed E-state index contributed by atoms with van der Waals surface area (Å²) in [5, 5.41) is 12.6. The first-order valence-electron chi connectivity index (χ1n) is 6.92. The number of rotatable bonds is 6. The molecule has 0 radical (unpaired) electrons. The monoisotopic (exact) mass is 278 g/mol. The van der Waals surface area contributed by atoms with Gasteiger partial charge in [-0.2, -0.15) is 0 Å². The highest BCUT2D eigenvalue weighted by atomic mass is 16.5. The van der Waals surface area contributed by atoms with E-state index in [1.807, 2.05) is 6.07 Å². The minimum Gasteiger partial charge on any atom is -0.390 e. The first kappa shape index (κ1) is 15.0. The summed E-state index contributed by atoms with van der Waals surface area (Å²) in [6, 6.07) is 8.40. The molecular weight excluding hydrogens is 256 g/mol. The number of nitrogens with zero attached hydrogens (tertiary/aromatic N) is 1. The lowest BCUT2D eigenvalue weighted by molar-refractivity contribution is -0.125. The zero-order valence-corrected chi connectivity index (χ0v) is 11.8. The highest BCUT2D eigenvalue weighted by Gasteiger charge is 2.18. The van der Waals surface area contributed by atoms with Crippen LogP contribution in [0.25, 0.3) is 0 Å². The topological polar surface area (TPSA) is 61.8 Å². The van der Waals surface area contributed by atoms with E-state index < -0.39 is 6.10 Å². The van der Waals surface area contributed by atoms with Crippen LogP contribution in [-0.2, 0) is 22.5 Å². The van der Waals surface area contributed by atoms with Crippen molar-refractivity contribution in [3.05, 3.63) is 35.4 Å². The number of amides is 1. The zero-order chi connectivity index (χ0) is 14.4. The molecular formula is C15H22N2O3. The smallest absolute Gasteiger partial charge is 0.246 e. The van der Waals surface area contributed by atoms with Crippen LogP contribution in [0.15, 0.2) is 24.3 Å². The van der Waals surface area contributed by atoms with E-state index in [0.717, 1.165) is 19.5 Å². The quantitative estimate of drug-likeness (QED) is 0.778. The van der Waals surface area contributed by atoms with Gasteiger partial charge in [-0.25, -0.2) is 0 Å². The average molecular weight is 278 g/mol. The largest absolute Gasteiger partial charge is 0.390 e. The maximum atomic E-state index is 11.2. The molecule has 1 aliphatic heterocycles. The molecule has 1 aliphatic rings. The number of hydrogen-bond acceptors (Lipinski definition) is 4. The summed E-state index contributed by atoms with van der Waals surface area (Å²) in [5.41, 5.74) is 2.72. The molecule has 0 aromatic heterocycles. The Morgan fingerprint density at radius 3 is 2.95 bits per heavy atom. The first-order chi connectivity index (χ1) is 9.69. The summed E-state index contributed by atoms with van der Waals surface area (Å²) >= 11 is 0. The van der Waals surface area contributed by atoms with Crippen molar-refractivity contribution in [3.8, 4) is 0 Å².